The number of carbonyl (C=O) groups is 2. The number of nitrogens with zero attached hydrogens (tertiary/aromatic N) is 2. The summed E-state index contributed by atoms with van der Waals surface area (Å²) in [5.74, 6) is -0.122. The lowest BCUT2D eigenvalue weighted by molar-refractivity contribution is -0.129. The van der Waals surface area contributed by atoms with Gasteiger partial charge in [-0.25, -0.2) is 0 Å². The fraction of sp³-hybridized carbons (Fsp3) is 0.533. The Labute approximate surface area is 221 Å². The van der Waals surface area contributed by atoms with Gasteiger partial charge in [0.05, 0.1) is 18.2 Å². The highest BCUT2D eigenvalue weighted by atomic mass is 16.5. The van der Waals surface area contributed by atoms with E-state index in [2.05, 4.69) is 18.7 Å². The summed E-state index contributed by atoms with van der Waals surface area (Å²) in [4.78, 5) is 30.9. The lowest BCUT2D eigenvalue weighted by atomic mass is 9.95. The van der Waals surface area contributed by atoms with Crippen LogP contribution >= 0.6 is 0 Å². The number of Topliss-reactive ketones (excluding diaryl/α,β-unsaturated/α-hetero) is 1. The summed E-state index contributed by atoms with van der Waals surface area (Å²) in [7, 11) is 0. The molecule has 37 heavy (non-hydrogen) atoms. The van der Waals surface area contributed by atoms with Crippen LogP contribution < -0.4 is 4.74 Å². The van der Waals surface area contributed by atoms with Gasteiger partial charge in [-0.1, -0.05) is 45.7 Å². The van der Waals surface area contributed by atoms with Crippen molar-refractivity contribution in [3.63, 3.8) is 0 Å². The van der Waals surface area contributed by atoms with E-state index in [0.717, 1.165) is 63.7 Å². The summed E-state index contributed by atoms with van der Waals surface area (Å²) >= 11 is 0. The molecule has 0 fully saturated rings. The molecule has 0 bridgehead atoms. The minimum Gasteiger partial charge on any atom is -0.503 e. The zero-order valence-electron chi connectivity index (χ0n) is 22.8. The molecule has 1 N–H and O–H groups in total. The van der Waals surface area contributed by atoms with Crippen molar-refractivity contribution in [2.45, 2.75) is 72.3 Å². The monoisotopic (exact) mass is 510 g/mol. The maximum Gasteiger partial charge on any atom is 0.290 e. The minimum atomic E-state index is -0.713. The predicted molar refractivity (Wildman–Crippen MR) is 145 cm³/mol. The molecule has 2 aromatic rings. The third kappa shape index (κ3) is 7.25. The fourth-order valence-corrected chi connectivity index (χ4v) is 4.71. The number of ether oxygens (including phenoxy) is 1. The number of furan rings is 1. The van der Waals surface area contributed by atoms with Crippen LogP contribution in [0.2, 0.25) is 0 Å². The Morgan fingerprint density at radius 1 is 1.03 bits per heavy atom. The number of aryl methyl sites for hydroxylation is 1. The van der Waals surface area contributed by atoms with Crippen molar-refractivity contribution in [1.82, 2.24) is 9.80 Å². The van der Waals surface area contributed by atoms with E-state index < -0.39 is 23.5 Å². The van der Waals surface area contributed by atoms with E-state index in [1.54, 1.807) is 24.0 Å². The Morgan fingerprint density at radius 3 is 2.35 bits per heavy atom. The van der Waals surface area contributed by atoms with Crippen LogP contribution in [0.25, 0.3) is 0 Å². The Hall–Kier alpha value is -3.06. The number of aliphatic hydroxyl groups excluding tert-OH is 1. The average Bonchev–Trinajstić information content (AvgIpc) is 3.45. The molecule has 1 atom stereocenters. The van der Waals surface area contributed by atoms with Gasteiger partial charge >= 0.3 is 0 Å². The molecule has 0 radical (unpaired) electrons. The first-order valence-corrected chi connectivity index (χ1v) is 13.7. The highest BCUT2D eigenvalue weighted by molar-refractivity contribution is 6.15. The van der Waals surface area contributed by atoms with Crippen molar-refractivity contribution in [1.29, 1.82) is 0 Å². The van der Waals surface area contributed by atoms with Crippen LogP contribution in [0.15, 0.2) is 52.1 Å². The van der Waals surface area contributed by atoms with Gasteiger partial charge in [0, 0.05) is 6.54 Å². The maximum atomic E-state index is 13.5. The summed E-state index contributed by atoms with van der Waals surface area (Å²) in [6.45, 7) is 12.1. The zero-order chi connectivity index (χ0) is 26.8. The minimum absolute atomic E-state index is 0.0563. The van der Waals surface area contributed by atoms with Gasteiger partial charge in [-0.05, 0) is 82.1 Å². The molecular formula is C30H42N2O5. The molecule has 0 unspecified atom stereocenters. The molecule has 1 aliphatic heterocycles. The van der Waals surface area contributed by atoms with Crippen LogP contribution in [0.4, 0.5) is 0 Å². The van der Waals surface area contributed by atoms with Crippen molar-refractivity contribution in [3.05, 3.63) is 64.8 Å². The number of unbranched alkanes of at least 4 members (excludes halogenated alkanes) is 2. The van der Waals surface area contributed by atoms with E-state index in [9.17, 15) is 14.7 Å². The van der Waals surface area contributed by atoms with E-state index in [-0.39, 0.29) is 11.3 Å². The number of carbonyl (C=O) groups excluding carboxylic acids is 2. The molecule has 202 valence electrons. The van der Waals surface area contributed by atoms with E-state index >= 15 is 0 Å². The van der Waals surface area contributed by atoms with Crippen molar-refractivity contribution >= 4 is 11.7 Å². The highest BCUT2D eigenvalue weighted by Crippen LogP contribution is 2.40. The van der Waals surface area contributed by atoms with Gasteiger partial charge < -0.3 is 24.1 Å². The number of amides is 1. The summed E-state index contributed by atoms with van der Waals surface area (Å²) in [6.07, 6.45) is 6.18. The van der Waals surface area contributed by atoms with Gasteiger partial charge in [0.25, 0.3) is 5.91 Å². The number of hydrogen-bond donors (Lipinski definition) is 1. The number of rotatable bonds is 16. The van der Waals surface area contributed by atoms with Crippen LogP contribution in [0.5, 0.6) is 5.75 Å². The fourth-order valence-electron chi connectivity index (χ4n) is 4.71. The first-order chi connectivity index (χ1) is 17.9. The Morgan fingerprint density at radius 2 is 1.73 bits per heavy atom. The quantitative estimate of drug-likeness (QED) is 0.269. The molecule has 0 saturated heterocycles. The third-order valence-corrected chi connectivity index (χ3v) is 6.69. The lowest BCUT2D eigenvalue weighted by Crippen LogP contribution is -2.35. The third-order valence-electron chi connectivity index (χ3n) is 6.69. The number of benzene rings is 1. The molecule has 7 heteroatoms. The van der Waals surface area contributed by atoms with Gasteiger partial charge in [-0.15, -0.1) is 0 Å². The maximum absolute atomic E-state index is 13.5. The van der Waals surface area contributed by atoms with E-state index in [1.807, 2.05) is 31.2 Å². The van der Waals surface area contributed by atoms with E-state index in [0.29, 0.717) is 24.7 Å². The molecule has 0 aliphatic carbocycles. The van der Waals surface area contributed by atoms with Crippen LogP contribution in [-0.4, -0.2) is 59.4 Å². The number of hydrogen-bond acceptors (Lipinski definition) is 6. The van der Waals surface area contributed by atoms with Crippen LogP contribution in [0, 0.1) is 6.92 Å². The molecule has 3 rings (SSSR count). The first-order valence-electron chi connectivity index (χ1n) is 13.7. The molecule has 1 amide bonds. The first kappa shape index (κ1) is 28.5. The number of ketones is 1. The normalized spacial score (nSPS) is 15.8. The summed E-state index contributed by atoms with van der Waals surface area (Å²) < 4.78 is 11.4. The van der Waals surface area contributed by atoms with Crippen LogP contribution in [-0.2, 0) is 4.79 Å². The predicted octanol–water partition coefficient (Wildman–Crippen LogP) is 6.25. The molecule has 1 aliphatic rings. The van der Waals surface area contributed by atoms with Gasteiger partial charge in [0.15, 0.2) is 11.5 Å². The Bertz CT molecular complexity index is 1070. The molecule has 0 saturated carbocycles. The zero-order valence-corrected chi connectivity index (χ0v) is 22.8. The largest absolute Gasteiger partial charge is 0.503 e. The van der Waals surface area contributed by atoms with Gasteiger partial charge in [0.2, 0.25) is 5.78 Å². The number of aliphatic hydroxyl groups is 1. The van der Waals surface area contributed by atoms with Crippen molar-refractivity contribution < 1.29 is 23.8 Å². The summed E-state index contributed by atoms with van der Waals surface area (Å²) in [5, 5.41) is 10.9. The molecule has 2 heterocycles. The van der Waals surface area contributed by atoms with Gasteiger partial charge in [-0.3, -0.25) is 9.59 Å². The van der Waals surface area contributed by atoms with Crippen molar-refractivity contribution in [2.75, 3.05) is 32.8 Å². The second kappa shape index (κ2) is 14.0. The van der Waals surface area contributed by atoms with Gasteiger partial charge in [-0.2, -0.15) is 0 Å². The molecule has 0 spiro atoms. The van der Waals surface area contributed by atoms with Crippen LogP contribution in [0.3, 0.4) is 0 Å². The van der Waals surface area contributed by atoms with E-state index in [4.69, 9.17) is 9.15 Å². The topological polar surface area (TPSA) is 83.2 Å². The van der Waals surface area contributed by atoms with E-state index in [1.165, 1.54) is 0 Å². The smallest absolute Gasteiger partial charge is 0.290 e. The van der Waals surface area contributed by atoms with Gasteiger partial charge in [0.1, 0.15) is 11.5 Å². The average molecular weight is 511 g/mol. The highest BCUT2D eigenvalue weighted by Gasteiger charge is 2.44. The SMILES string of the molecule is CCCCN(CCCC)CCCN1C(=O)C(O)=C(C(=O)c2ccc(C)o2)[C@H]1c1cccc(OCCC)c1. The Kier molecular flexibility index (Phi) is 10.8. The molecule has 1 aromatic heterocycles. The second-order valence-electron chi connectivity index (χ2n) is 9.73. The molecular weight excluding hydrogens is 468 g/mol. The molecule has 7 nitrogen and oxygen atoms in total. The summed E-state index contributed by atoms with van der Waals surface area (Å²) in [6, 6.07) is 10.0. The Balaban J connectivity index is 1.88. The summed E-state index contributed by atoms with van der Waals surface area (Å²) in [5.41, 5.74) is 0.785. The van der Waals surface area contributed by atoms with Crippen molar-refractivity contribution in [3.8, 4) is 5.75 Å². The second-order valence-corrected chi connectivity index (χ2v) is 9.73. The standard InChI is InChI=1S/C30H42N2O5/c1-5-8-16-31(17-9-6-2)18-11-19-32-27(23-12-10-13-24(21-23)36-20-7-3)26(29(34)30(32)35)28(33)25-15-14-22(4)37-25/h10,12-15,21,27,34H,5-9,11,16-20H2,1-4H3/t27-/m1/s1. The molecule has 1 aromatic carbocycles. The van der Waals surface area contributed by atoms with Crippen LogP contribution in [0.1, 0.15) is 87.2 Å². The van der Waals surface area contributed by atoms with Crippen molar-refractivity contribution in [2.24, 2.45) is 0 Å². The lowest BCUT2D eigenvalue weighted by Gasteiger charge is -2.28.